The molecule has 0 saturated carbocycles. The zero-order chi connectivity index (χ0) is 45.3. The molecule has 11 rings (SSSR count). The van der Waals surface area contributed by atoms with Crippen LogP contribution in [-0.2, 0) is 0 Å². The Morgan fingerprint density at radius 3 is 1.25 bits per heavy atom. The number of rotatable bonds is 11. The van der Waals surface area contributed by atoms with Crippen molar-refractivity contribution >= 4 is 69.2 Å². The second-order valence-corrected chi connectivity index (χ2v) is 23.3. The summed E-state index contributed by atoms with van der Waals surface area (Å²) in [5, 5.41) is 3.90. The fourth-order valence-corrected chi connectivity index (χ4v) is 10.8. The zero-order valence-corrected chi connectivity index (χ0v) is 39.1. The van der Waals surface area contributed by atoms with Gasteiger partial charge in [0.05, 0.1) is 30.5 Å². The minimum atomic E-state index is -1.67. The molecule has 10 aromatic carbocycles. The van der Waals surface area contributed by atoms with Gasteiger partial charge >= 0.3 is 0 Å². The number of nitrogens with zero attached hydrogens (tertiary/aromatic N) is 3. The lowest BCUT2D eigenvalue weighted by atomic mass is 9.93. The first-order valence-electron chi connectivity index (χ1n) is 23.2. The molecule has 0 N–H and O–H groups in total. The van der Waals surface area contributed by atoms with Crippen LogP contribution in [0.1, 0.15) is 0 Å². The number of benzene rings is 10. The predicted octanol–water partition coefficient (Wildman–Crippen LogP) is 17.3. The molecule has 0 radical (unpaired) electrons. The van der Waals surface area contributed by atoms with Gasteiger partial charge in [0.2, 0.25) is 0 Å². The summed E-state index contributed by atoms with van der Waals surface area (Å²) in [7, 11) is -1.67. The first-order chi connectivity index (χ1) is 32.9. The lowest BCUT2D eigenvalue weighted by molar-refractivity contribution is 1.18. The summed E-state index contributed by atoms with van der Waals surface area (Å²) in [4.78, 5) is 4.90. The van der Waals surface area contributed by atoms with Crippen LogP contribution in [-0.4, -0.2) is 12.6 Å². The average molecular weight is 878 g/mol. The number of anilines is 6. The van der Waals surface area contributed by atoms with E-state index in [0.717, 1.165) is 56.5 Å². The summed E-state index contributed by atoms with van der Waals surface area (Å²) in [6.45, 7) is 7.29. The van der Waals surface area contributed by atoms with Gasteiger partial charge in [-0.3, -0.25) is 0 Å². The number of hydrogen-bond acceptors (Lipinski definition) is 2. The first-order valence-corrected chi connectivity index (χ1v) is 26.7. The van der Waals surface area contributed by atoms with Crippen LogP contribution in [0.5, 0.6) is 0 Å². The smallest absolute Gasteiger partial charge is 0.0776 e. The lowest BCUT2D eigenvalue weighted by Gasteiger charge is -2.34. The number of fused-ring (bicyclic) bond motifs is 3. The van der Waals surface area contributed by atoms with Gasteiger partial charge < -0.3 is 14.4 Å². The molecule has 3 nitrogen and oxygen atoms in total. The molecule has 11 aromatic rings. The summed E-state index contributed by atoms with van der Waals surface area (Å²) in [6.07, 6.45) is 0. The second-order valence-electron chi connectivity index (χ2n) is 18.2. The van der Waals surface area contributed by atoms with E-state index in [1.54, 1.807) is 0 Å². The van der Waals surface area contributed by atoms with E-state index in [9.17, 15) is 0 Å². The summed E-state index contributed by atoms with van der Waals surface area (Å²) < 4.78 is 2.42. The molecule has 1 aromatic heterocycles. The van der Waals surface area contributed by atoms with Gasteiger partial charge in [-0.2, -0.15) is 0 Å². The summed E-state index contributed by atoms with van der Waals surface area (Å²) in [6, 6.07) is 93.0. The quantitative estimate of drug-likeness (QED) is 0.120. The second kappa shape index (κ2) is 17.7. The van der Waals surface area contributed by atoms with Gasteiger partial charge in [-0.1, -0.05) is 195 Å². The van der Waals surface area contributed by atoms with Crippen LogP contribution in [0, 0.1) is 0 Å². The van der Waals surface area contributed by atoms with Crippen LogP contribution in [0.3, 0.4) is 0 Å². The van der Waals surface area contributed by atoms with Crippen LogP contribution in [0.2, 0.25) is 19.6 Å². The molecular formula is C63H51N3Si. The van der Waals surface area contributed by atoms with Crippen molar-refractivity contribution in [1.82, 2.24) is 4.57 Å². The first kappa shape index (κ1) is 41.5. The number of aromatic nitrogens is 1. The highest BCUT2D eigenvalue weighted by molar-refractivity contribution is 6.88. The van der Waals surface area contributed by atoms with Gasteiger partial charge in [-0.05, 0) is 113 Å². The third-order valence-electron chi connectivity index (χ3n) is 12.9. The van der Waals surface area contributed by atoms with E-state index in [4.69, 9.17) is 0 Å². The van der Waals surface area contributed by atoms with Gasteiger partial charge in [0.15, 0.2) is 0 Å². The molecule has 0 aliphatic rings. The van der Waals surface area contributed by atoms with Crippen molar-refractivity contribution in [3.8, 4) is 39.1 Å². The molecule has 0 saturated heterocycles. The Hall–Kier alpha value is -8.18. The SMILES string of the molecule is C[Si](C)(C)c1cccc(-c2cc(N(c3ccccc3)c3ccccc3)c(-c3cccc(-n4c5ccccc5c5ccccc54)c3)c(N(c3ccccc3)c3ccc(-c4ccccc4)cc3)c2)c1. The minimum absolute atomic E-state index is 1.07. The molecule has 0 atom stereocenters. The Bertz CT molecular complexity index is 3390. The molecule has 67 heavy (non-hydrogen) atoms. The molecule has 0 unspecified atom stereocenters. The van der Waals surface area contributed by atoms with Gasteiger partial charge in [0, 0.05) is 44.8 Å². The molecule has 0 aliphatic carbocycles. The standard InChI is InChI=1S/C63H51N3Si/c1-67(2,3)56-33-21-24-48(43-56)50-44-61(64(51-26-10-5-11-27-51)52-28-12-6-13-29-52)63(49-25-20-32-55(42-49)66-59-36-18-16-34-57(59)58-35-17-19-37-60(58)66)62(45-50)65(53-30-14-7-15-31-53)54-40-38-47(39-41-54)46-22-8-4-9-23-46/h4-45H,1-3H3. The Morgan fingerprint density at radius 1 is 0.313 bits per heavy atom. The lowest BCUT2D eigenvalue weighted by Crippen LogP contribution is -2.37. The van der Waals surface area contributed by atoms with Crippen molar-refractivity contribution in [1.29, 1.82) is 0 Å². The number of para-hydroxylation sites is 5. The molecule has 0 bridgehead atoms. The fraction of sp³-hybridized carbons (Fsp3) is 0.0476. The predicted molar refractivity (Wildman–Crippen MR) is 289 cm³/mol. The zero-order valence-electron chi connectivity index (χ0n) is 38.1. The summed E-state index contributed by atoms with van der Waals surface area (Å²) in [5.74, 6) is 0. The topological polar surface area (TPSA) is 11.4 Å². The van der Waals surface area contributed by atoms with Gasteiger partial charge in [0.1, 0.15) is 0 Å². The normalized spacial score (nSPS) is 11.5. The van der Waals surface area contributed by atoms with E-state index in [1.165, 1.54) is 43.7 Å². The maximum atomic E-state index is 2.46. The molecule has 0 amide bonds. The van der Waals surface area contributed by atoms with Crippen molar-refractivity contribution in [2.24, 2.45) is 0 Å². The molecule has 0 aliphatic heterocycles. The highest BCUT2D eigenvalue weighted by Crippen LogP contribution is 2.51. The third-order valence-corrected chi connectivity index (χ3v) is 14.9. The molecule has 322 valence electrons. The molecular weight excluding hydrogens is 827 g/mol. The van der Waals surface area contributed by atoms with Crippen LogP contribution in [0.25, 0.3) is 60.9 Å². The van der Waals surface area contributed by atoms with E-state index in [2.05, 4.69) is 289 Å². The van der Waals surface area contributed by atoms with Crippen molar-refractivity contribution in [3.63, 3.8) is 0 Å². The average Bonchev–Trinajstić information content (AvgIpc) is 3.72. The summed E-state index contributed by atoms with van der Waals surface area (Å²) >= 11 is 0. The Morgan fingerprint density at radius 2 is 0.731 bits per heavy atom. The van der Waals surface area contributed by atoms with Crippen molar-refractivity contribution in [2.75, 3.05) is 9.80 Å². The Kier molecular flexibility index (Phi) is 10.9. The van der Waals surface area contributed by atoms with E-state index >= 15 is 0 Å². The maximum Gasteiger partial charge on any atom is 0.0776 e. The van der Waals surface area contributed by atoms with Crippen molar-refractivity contribution in [2.45, 2.75) is 19.6 Å². The molecule has 0 spiro atoms. The Labute approximate surface area is 395 Å². The molecule has 1 heterocycles. The molecule has 0 fully saturated rings. The van der Waals surface area contributed by atoms with Crippen LogP contribution in [0.15, 0.2) is 255 Å². The van der Waals surface area contributed by atoms with E-state index in [0.29, 0.717) is 0 Å². The van der Waals surface area contributed by atoms with E-state index < -0.39 is 8.07 Å². The fourth-order valence-electron chi connectivity index (χ4n) is 9.61. The van der Waals surface area contributed by atoms with Crippen LogP contribution >= 0.6 is 0 Å². The van der Waals surface area contributed by atoms with Crippen molar-refractivity contribution in [3.05, 3.63) is 255 Å². The van der Waals surface area contributed by atoms with E-state index in [1.807, 2.05) is 0 Å². The molecule has 4 heteroatoms. The maximum absolute atomic E-state index is 2.46. The van der Waals surface area contributed by atoms with Gasteiger partial charge in [-0.25, -0.2) is 0 Å². The van der Waals surface area contributed by atoms with Crippen molar-refractivity contribution < 1.29 is 0 Å². The van der Waals surface area contributed by atoms with Crippen LogP contribution in [0.4, 0.5) is 34.1 Å². The van der Waals surface area contributed by atoms with Crippen LogP contribution < -0.4 is 15.0 Å². The Balaban J connectivity index is 1.26. The van der Waals surface area contributed by atoms with E-state index in [-0.39, 0.29) is 0 Å². The minimum Gasteiger partial charge on any atom is -0.310 e. The van der Waals surface area contributed by atoms with Gasteiger partial charge in [-0.15, -0.1) is 0 Å². The third kappa shape index (κ3) is 8.03. The van der Waals surface area contributed by atoms with Gasteiger partial charge in [0.25, 0.3) is 0 Å². The number of hydrogen-bond donors (Lipinski definition) is 0. The summed E-state index contributed by atoms with van der Waals surface area (Å²) in [5.41, 5.74) is 16.8. The highest BCUT2D eigenvalue weighted by atomic mass is 28.3. The largest absolute Gasteiger partial charge is 0.310 e. The monoisotopic (exact) mass is 877 g/mol. The highest BCUT2D eigenvalue weighted by Gasteiger charge is 2.27.